The molecule has 3 N–H and O–H groups in total. The van der Waals surface area contributed by atoms with Gasteiger partial charge in [0.05, 0.1) is 22.8 Å². The zero-order valence-corrected chi connectivity index (χ0v) is 10.8. The number of nitrogens with two attached hydrogens (primary N) is 1. The fourth-order valence-corrected chi connectivity index (χ4v) is 2.53. The maximum Gasteiger partial charge on any atom is 0.235 e. The van der Waals surface area contributed by atoms with Crippen molar-refractivity contribution in [2.75, 3.05) is 5.73 Å². The van der Waals surface area contributed by atoms with Crippen molar-refractivity contribution < 1.29 is 14.0 Å². The molecule has 0 spiro atoms. The fourth-order valence-electron chi connectivity index (χ4n) is 2.53. The molecule has 1 atom stereocenters. The molecule has 1 aliphatic heterocycles. The van der Waals surface area contributed by atoms with Crippen LogP contribution >= 0.6 is 0 Å². The number of nitrogens with zero attached hydrogens (tertiary/aromatic N) is 2. The van der Waals surface area contributed by atoms with Crippen molar-refractivity contribution in [2.45, 2.75) is 18.8 Å². The first-order valence-corrected chi connectivity index (χ1v) is 6.22. The second-order valence-corrected chi connectivity index (χ2v) is 4.90. The van der Waals surface area contributed by atoms with Crippen LogP contribution in [0.3, 0.4) is 0 Å². The van der Waals surface area contributed by atoms with E-state index in [0.29, 0.717) is 23.0 Å². The van der Waals surface area contributed by atoms with Gasteiger partial charge in [0.15, 0.2) is 0 Å². The summed E-state index contributed by atoms with van der Waals surface area (Å²) in [6.45, 7) is 0. The van der Waals surface area contributed by atoms with Gasteiger partial charge in [0.1, 0.15) is 5.82 Å². The monoisotopic (exact) mass is 276 g/mol. The lowest BCUT2D eigenvalue weighted by Gasteiger charge is -2.19. The molecule has 20 heavy (non-hydrogen) atoms. The third kappa shape index (κ3) is 1.82. The van der Waals surface area contributed by atoms with E-state index < -0.39 is 17.6 Å². The molecule has 104 valence electrons. The number of aryl methyl sites for hydroxylation is 1. The molecule has 1 fully saturated rings. The number of hydrogen-bond acceptors (Lipinski definition) is 4. The zero-order valence-electron chi connectivity index (χ0n) is 10.8. The van der Waals surface area contributed by atoms with Crippen molar-refractivity contribution in [3.05, 3.63) is 23.6 Å². The van der Waals surface area contributed by atoms with Crippen LogP contribution in [0, 0.1) is 5.82 Å². The van der Waals surface area contributed by atoms with Crippen molar-refractivity contribution in [1.82, 2.24) is 15.1 Å². The highest BCUT2D eigenvalue weighted by atomic mass is 19.1. The van der Waals surface area contributed by atoms with Crippen molar-refractivity contribution in [3.8, 4) is 0 Å². The van der Waals surface area contributed by atoms with E-state index in [4.69, 9.17) is 5.73 Å². The minimum absolute atomic E-state index is 0.0373. The number of aromatic nitrogens is 2. The largest absolute Gasteiger partial charge is 0.396 e. The number of nitrogen functional groups attached to an aromatic ring is 1. The van der Waals surface area contributed by atoms with Gasteiger partial charge in [-0.15, -0.1) is 0 Å². The van der Waals surface area contributed by atoms with Crippen molar-refractivity contribution >= 4 is 28.4 Å². The smallest absolute Gasteiger partial charge is 0.235 e. The Hall–Kier alpha value is -2.44. The van der Waals surface area contributed by atoms with Crippen LogP contribution in [0.15, 0.2) is 12.1 Å². The molecule has 0 radical (unpaired) electrons. The van der Waals surface area contributed by atoms with Gasteiger partial charge in [-0.3, -0.25) is 19.6 Å². The Labute approximate surface area is 113 Å². The molecule has 0 bridgehead atoms. The number of nitrogens with one attached hydrogen (secondary N) is 1. The third-order valence-corrected chi connectivity index (χ3v) is 3.57. The summed E-state index contributed by atoms with van der Waals surface area (Å²) in [5, 5.41) is 7.13. The lowest BCUT2D eigenvalue weighted by molar-refractivity contribution is -0.134. The number of fused-ring (bicyclic) bond motifs is 1. The highest BCUT2D eigenvalue weighted by Gasteiger charge is 2.31. The average Bonchev–Trinajstić information content (AvgIpc) is 2.67. The molecule has 0 saturated carbocycles. The number of amides is 2. The summed E-state index contributed by atoms with van der Waals surface area (Å²) < 4.78 is 15.2. The lowest BCUT2D eigenvalue weighted by atomic mass is 9.93. The van der Waals surface area contributed by atoms with Crippen LogP contribution in [0.1, 0.15) is 24.5 Å². The molecule has 0 aliphatic carbocycles. The summed E-state index contributed by atoms with van der Waals surface area (Å²) in [6.07, 6.45) is 0.634. The summed E-state index contributed by atoms with van der Waals surface area (Å²) in [7, 11) is 1.70. The van der Waals surface area contributed by atoms with Gasteiger partial charge in [-0.05, 0) is 18.6 Å². The molecule has 1 aromatic heterocycles. The van der Waals surface area contributed by atoms with E-state index in [1.54, 1.807) is 11.7 Å². The first kappa shape index (κ1) is 12.6. The predicted molar refractivity (Wildman–Crippen MR) is 70.2 cm³/mol. The molecule has 2 heterocycles. The Balaban J connectivity index is 2.14. The Morgan fingerprint density at radius 1 is 1.45 bits per heavy atom. The molecular formula is C13H13FN4O2. The molecule has 6 nitrogen and oxygen atoms in total. The number of carbonyl (C=O) groups excluding carboxylic acids is 2. The number of imide groups is 1. The van der Waals surface area contributed by atoms with Crippen molar-refractivity contribution in [1.29, 1.82) is 0 Å². The van der Waals surface area contributed by atoms with Gasteiger partial charge in [-0.2, -0.15) is 5.10 Å². The van der Waals surface area contributed by atoms with E-state index in [9.17, 15) is 14.0 Å². The predicted octanol–water partition coefficient (Wildman–Crippen LogP) is 0.815. The van der Waals surface area contributed by atoms with E-state index in [-0.39, 0.29) is 18.0 Å². The van der Waals surface area contributed by atoms with Crippen LogP contribution in [0.4, 0.5) is 10.1 Å². The van der Waals surface area contributed by atoms with Crippen LogP contribution in [-0.4, -0.2) is 21.6 Å². The highest BCUT2D eigenvalue weighted by molar-refractivity contribution is 6.02. The highest BCUT2D eigenvalue weighted by Crippen LogP contribution is 2.31. The summed E-state index contributed by atoms with van der Waals surface area (Å²) in [5.41, 5.74) is 6.72. The summed E-state index contributed by atoms with van der Waals surface area (Å²) in [4.78, 5) is 23.1. The minimum Gasteiger partial charge on any atom is -0.396 e. The van der Waals surface area contributed by atoms with Gasteiger partial charge in [0.2, 0.25) is 11.8 Å². The standard InChI is InChI=1S/C13H13FN4O2/c1-18-10-5-9(15)8(14)4-7(10)12(17-18)6-2-3-11(19)16-13(6)20/h4-6H,2-3,15H2,1H3,(H,16,19,20). The maximum absolute atomic E-state index is 13.6. The number of halogens is 1. The lowest BCUT2D eigenvalue weighted by Crippen LogP contribution is -2.39. The molecule has 1 aliphatic rings. The van der Waals surface area contributed by atoms with Crippen LogP contribution in [0.2, 0.25) is 0 Å². The summed E-state index contributed by atoms with van der Waals surface area (Å²) >= 11 is 0. The fraction of sp³-hybridized carbons (Fsp3) is 0.308. The van der Waals surface area contributed by atoms with Crippen LogP contribution in [0.5, 0.6) is 0 Å². The van der Waals surface area contributed by atoms with E-state index in [1.807, 2.05) is 0 Å². The quantitative estimate of drug-likeness (QED) is 0.596. The molecule has 7 heteroatoms. The van der Waals surface area contributed by atoms with Gasteiger partial charge in [0, 0.05) is 18.9 Å². The van der Waals surface area contributed by atoms with Gasteiger partial charge in [0.25, 0.3) is 0 Å². The van der Waals surface area contributed by atoms with Crippen LogP contribution < -0.4 is 11.1 Å². The number of carbonyl (C=O) groups is 2. The molecule has 1 saturated heterocycles. The molecule has 2 aromatic rings. The molecule has 3 rings (SSSR count). The molecular weight excluding hydrogens is 263 g/mol. The average molecular weight is 276 g/mol. The number of rotatable bonds is 1. The topological polar surface area (TPSA) is 90.0 Å². The van der Waals surface area contributed by atoms with Gasteiger partial charge < -0.3 is 5.73 Å². The van der Waals surface area contributed by atoms with Crippen LogP contribution in [-0.2, 0) is 16.6 Å². The number of benzene rings is 1. The first-order valence-electron chi connectivity index (χ1n) is 6.22. The van der Waals surface area contributed by atoms with E-state index in [2.05, 4.69) is 10.4 Å². The van der Waals surface area contributed by atoms with Gasteiger partial charge in [-0.25, -0.2) is 4.39 Å². The van der Waals surface area contributed by atoms with Crippen LogP contribution in [0.25, 0.3) is 10.9 Å². The summed E-state index contributed by atoms with van der Waals surface area (Å²) in [6, 6.07) is 2.78. The second-order valence-electron chi connectivity index (χ2n) is 4.90. The third-order valence-electron chi connectivity index (χ3n) is 3.57. The van der Waals surface area contributed by atoms with Crippen molar-refractivity contribution in [2.24, 2.45) is 7.05 Å². The minimum atomic E-state index is -0.543. The second kappa shape index (κ2) is 4.29. The molecule has 1 unspecified atom stereocenters. The zero-order chi connectivity index (χ0) is 14.4. The molecule has 1 aromatic carbocycles. The first-order chi connectivity index (χ1) is 9.47. The van der Waals surface area contributed by atoms with E-state index in [1.165, 1.54) is 12.1 Å². The number of piperidine rings is 1. The SMILES string of the molecule is Cn1nc(C2CCC(=O)NC2=O)c2cc(F)c(N)cc21. The summed E-state index contributed by atoms with van der Waals surface area (Å²) in [5.74, 6) is -1.76. The number of anilines is 1. The van der Waals surface area contributed by atoms with Gasteiger partial charge in [-0.1, -0.05) is 0 Å². The number of hydrogen-bond donors (Lipinski definition) is 2. The normalized spacial score (nSPS) is 19.4. The Morgan fingerprint density at radius 3 is 2.90 bits per heavy atom. The maximum atomic E-state index is 13.6. The Morgan fingerprint density at radius 2 is 2.20 bits per heavy atom. The van der Waals surface area contributed by atoms with E-state index in [0.717, 1.165) is 0 Å². The van der Waals surface area contributed by atoms with E-state index >= 15 is 0 Å². The Kier molecular flexibility index (Phi) is 2.70. The van der Waals surface area contributed by atoms with Gasteiger partial charge >= 0.3 is 0 Å². The van der Waals surface area contributed by atoms with Crippen molar-refractivity contribution in [3.63, 3.8) is 0 Å². The molecule has 2 amide bonds. The Bertz CT molecular complexity index is 738.